The van der Waals surface area contributed by atoms with Crippen molar-refractivity contribution in [1.29, 1.82) is 0 Å². The first kappa shape index (κ1) is 8.63. The first-order chi connectivity index (χ1) is 6.66. The third-order valence-corrected chi connectivity index (χ3v) is 2.45. The summed E-state index contributed by atoms with van der Waals surface area (Å²) in [6, 6.07) is 2.80. The fourth-order valence-electron chi connectivity index (χ4n) is 0.876. The van der Waals surface area contributed by atoms with E-state index in [1.54, 1.807) is 0 Å². The van der Waals surface area contributed by atoms with Crippen LogP contribution in [0.1, 0.15) is 0 Å². The van der Waals surface area contributed by atoms with Crippen molar-refractivity contribution in [3.8, 4) is 10.8 Å². The molecule has 7 nitrogen and oxygen atoms in total. The van der Waals surface area contributed by atoms with E-state index in [0.717, 1.165) is 11.3 Å². The predicted octanol–water partition coefficient (Wildman–Crippen LogP) is 1.000. The largest absolute Gasteiger partial charge is 0.434 e. The molecule has 0 unspecified atom stereocenters. The lowest BCUT2D eigenvalue weighted by atomic mass is 10.5. The van der Waals surface area contributed by atoms with Gasteiger partial charge >= 0.3 is 10.8 Å². The molecule has 1 N–H and O–H groups in total. The number of aromatic nitrogens is 2. The second-order valence-electron chi connectivity index (χ2n) is 2.31. The van der Waals surface area contributed by atoms with Crippen LogP contribution in [0.5, 0.6) is 0 Å². The molecule has 0 aliphatic carbocycles. The Balaban J connectivity index is 2.43. The van der Waals surface area contributed by atoms with Crippen molar-refractivity contribution < 1.29 is 9.34 Å². The number of hydrogen-bond donors (Lipinski definition) is 1. The van der Waals surface area contributed by atoms with E-state index in [9.17, 15) is 14.9 Å². The van der Waals surface area contributed by atoms with Gasteiger partial charge in [-0.3, -0.25) is 10.1 Å². The summed E-state index contributed by atoms with van der Waals surface area (Å²) >= 11 is 0.893. The van der Waals surface area contributed by atoms with Crippen molar-refractivity contribution in [3.05, 3.63) is 32.8 Å². The molecule has 2 aromatic rings. The standard InChI is InChI=1S/C6H3N3O4S/c10-6-8-7-5(13-6)3-1-2-4(14-3)9(11)12/h1-2H,(H,8,10). The van der Waals surface area contributed by atoms with Crippen LogP contribution in [0.3, 0.4) is 0 Å². The van der Waals surface area contributed by atoms with Gasteiger partial charge in [0.1, 0.15) is 0 Å². The molecule has 0 amide bonds. The van der Waals surface area contributed by atoms with Crippen LogP contribution in [0.25, 0.3) is 10.8 Å². The summed E-state index contributed by atoms with van der Waals surface area (Å²) < 4.78 is 4.63. The Bertz CT molecular complexity index is 525. The van der Waals surface area contributed by atoms with Gasteiger partial charge in [-0.1, -0.05) is 11.3 Å². The normalized spacial score (nSPS) is 10.3. The second-order valence-corrected chi connectivity index (χ2v) is 3.38. The number of nitrogens with one attached hydrogen (secondary N) is 1. The van der Waals surface area contributed by atoms with Gasteiger partial charge in [0.2, 0.25) is 0 Å². The number of hydrogen-bond acceptors (Lipinski definition) is 6. The minimum Gasteiger partial charge on any atom is -0.387 e. The van der Waals surface area contributed by atoms with Gasteiger partial charge in [-0.05, 0) is 6.07 Å². The van der Waals surface area contributed by atoms with Gasteiger partial charge in [-0.2, -0.15) is 0 Å². The molecule has 72 valence electrons. The van der Waals surface area contributed by atoms with Crippen LogP contribution in [0, 0.1) is 10.1 Å². The van der Waals surface area contributed by atoms with Gasteiger partial charge < -0.3 is 4.42 Å². The Labute approximate surface area is 80.1 Å². The summed E-state index contributed by atoms with van der Waals surface area (Å²) in [6.07, 6.45) is 0. The number of rotatable bonds is 2. The molecule has 8 heteroatoms. The van der Waals surface area contributed by atoms with Gasteiger partial charge in [0.25, 0.3) is 5.89 Å². The molecule has 14 heavy (non-hydrogen) atoms. The fourth-order valence-corrected chi connectivity index (χ4v) is 1.62. The average molecular weight is 213 g/mol. The Morgan fingerprint density at radius 2 is 2.36 bits per heavy atom. The van der Waals surface area contributed by atoms with Crippen molar-refractivity contribution >= 4 is 16.3 Å². The molecule has 2 rings (SSSR count). The maximum atomic E-state index is 10.6. The zero-order valence-electron chi connectivity index (χ0n) is 6.59. The van der Waals surface area contributed by atoms with Crippen LogP contribution >= 0.6 is 11.3 Å². The highest BCUT2D eigenvalue weighted by Gasteiger charge is 2.14. The van der Waals surface area contributed by atoms with E-state index in [1.165, 1.54) is 12.1 Å². The molecule has 0 aliphatic heterocycles. The van der Waals surface area contributed by atoms with Crippen molar-refractivity contribution in [2.45, 2.75) is 0 Å². The Kier molecular flexibility index (Phi) is 1.89. The lowest BCUT2D eigenvalue weighted by Gasteiger charge is -1.82. The molecule has 0 saturated carbocycles. The van der Waals surface area contributed by atoms with Crippen molar-refractivity contribution in [3.63, 3.8) is 0 Å². The van der Waals surface area contributed by atoms with E-state index in [-0.39, 0.29) is 10.9 Å². The molecular formula is C6H3N3O4S. The van der Waals surface area contributed by atoms with Crippen LogP contribution in [0.4, 0.5) is 5.00 Å². The predicted molar refractivity (Wildman–Crippen MR) is 47.1 cm³/mol. The molecule has 2 aromatic heterocycles. The van der Waals surface area contributed by atoms with Crippen LogP contribution in [0.15, 0.2) is 21.3 Å². The van der Waals surface area contributed by atoms with E-state index in [1.807, 2.05) is 0 Å². The molecule has 2 heterocycles. The maximum Gasteiger partial charge on any atom is 0.434 e. The number of nitrogens with zero attached hydrogens (tertiary/aromatic N) is 2. The van der Waals surface area contributed by atoms with E-state index in [4.69, 9.17) is 0 Å². The highest BCUT2D eigenvalue weighted by molar-refractivity contribution is 7.18. The van der Waals surface area contributed by atoms with Crippen LogP contribution < -0.4 is 5.76 Å². The quantitative estimate of drug-likeness (QED) is 0.592. The van der Waals surface area contributed by atoms with Crippen LogP contribution in [-0.4, -0.2) is 15.1 Å². The highest BCUT2D eigenvalue weighted by atomic mass is 32.1. The summed E-state index contributed by atoms with van der Waals surface area (Å²) in [4.78, 5) is 20.9. The van der Waals surface area contributed by atoms with Crippen molar-refractivity contribution in [1.82, 2.24) is 10.2 Å². The topological polar surface area (TPSA) is 102 Å². The molecule has 0 spiro atoms. The molecule has 0 aliphatic rings. The Morgan fingerprint density at radius 1 is 1.57 bits per heavy atom. The summed E-state index contributed by atoms with van der Waals surface area (Å²) in [5.74, 6) is -0.621. The van der Waals surface area contributed by atoms with Gasteiger partial charge in [0.05, 0.1) is 9.80 Å². The van der Waals surface area contributed by atoms with Crippen molar-refractivity contribution in [2.75, 3.05) is 0 Å². The van der Waals surface area contributed by atoms with Gasteiger partial charge in [-0.15, -0.1) is 5.10 Å². The van der Waals surface area contributed by atoms with E-state index in [0.29, 0.717) is 4.88 Å². The molecule has 0 aromatic carbocycles. The number of aromatic amines is 1. The average Bonchev–Trinajstić information content (AvgIpc) is 2.70. The Hall–Kier alpha value is -1.96. The number of thiophene rings is 1. The summed E-state index contributed by atoms with van der Waals surface area (Å²) in [5, 5.41) is 15.9. The van der Waals surface area contributed by atoms with E-state index < -0.39 is 10.7 Å². The summed E-state index contributed by atoms with van der Waals surface area (Å²) in [5.41, 5.74) is 0. The van der Waals surface area contributed by atoms with E-state index >= 15 is 0 Å². The van der Waals surface area contributed by atoms with Gasteiger partial charge in [-0.25, -0.2) is 9.89 Å². The summed E-state index contributed by atoms with van der Waals surface area (Å²) in [6.45, 7) is 0. The highest BCUT2D eigenvalue weighted by Crippen LogP contribution is 2.30. The zero-order valence-corrected chi connectivity index (χ0v) is 7.41. The molecule has 0 bridgehead atoms. The second kappa shape index (κ2) is 3.07. The lowest BCUT2D eigenvalue weighted by Crippen LogP contribution is -1.93. The smallest absolute Gasteiger partial charge is 0.387 e. The third kappa shape index (κ3) is 1.42. The zero-order chi connectivity index (χ0) is 10.1. The maximum absolute atomic E-state index is 10.6. The van der Waals surface area contributed by atoms with Gasteiger partial charge in [0, 0.05) is 6.07 Å². The monoisotopic (exact) mass is 213 g/mol. The van der Waals surface area contributed by atoms with Crippen LogP contribution in [-0.2, 0) is 0 Å². The Morgan fingerprint density at radius 3 is 2.86 bits per heavy atom. The summed E-state index contributed by atoms with van der Waals surface area (Å²) in [7, 11) is 0. The van der Waals surface area contributed by atoms with E-state index in [2.05, 4.69) is 14.6 Å². The number of nitro groups is 1. The number of H-pyrrole nitrogens is 1. The molecule has 0 saturated heterocycles. The SMILES string of the molecule is O=c1[nH]nc(-c2ccc([N+](=O)[O-])s2)o1. The fraction of sp³-hybridized carbons (Fsp3) is 0. The molecule has 0 fully saturated rings. The third-order valence-electron chi connectivity index (χ3n) is 1.42. The van der Waals surface area contributed by atoms with Crippen molar-refractivity contribution in [2.24, 2.45) is 0 Å². The minimum atomic E-state index is -0.684. The van der Waals surface area contributed by atoms with Crippen LogP contribution in [0.2, 0.25) is 0 Å². The lowest BCUT2D eigenvalue weighted by molar-refractivity contribution is -0.380. The van der Waals surface area contributed by atoms with Gasteiger partial charge in [0.15, 0.2) is 0 Å². The molecule has 0 radical (unpaired) electrons. The first-order valence-electron chi connectivity index (χ1n) is 3.47. The minimum absolute atomic E-state index is 0.0225. The molecule has 0 atom stereocenters. The molecular weight excluding hydrogens is 210 g/mol. The first-order valence-corrected chi connectivity index (χ1v) is 4.28.